The van der Waals surface area contributed by atoms with Gasteiger partial charge in [-0.1, -0.05) is 48.5 Å². The summed E-state index contributed by atoms with van der Waals surface area (Å²) in [6, 6.07) is 22.1. The van der Waals surface area contributed by atoms with Crippen LogP contribution in [0.4, 0.5) is 5.69 Å². The van der Waals surface area contributed by atoms with Crippen molar-refractivity contribution in [2.45, 2.75) is 17.7 Å². The Morgan fingerprint density at radius 2 is 1.48 bits per heavy atom. The summed E-state index contributed by atoms with van der Waals surface area (Å²) in [5.41, 5.74) is 4.61. The quantitative estimate of drug-likeness (QED) is 0.327. The predicted molar refractivity (Wildman–Crippen MR) is 123 cm³/mol. The summed E-state index contributed by atoms with van der Waals surface area (Å²) in [5, 5.41) is 0. The van der Waals surface area contributed by atoms with Crippen LogP contribution in [0.3, 0.4) is 0 Å². The van der Waals surface area contributed by atoms with E-state index in [1.165, 1.54) is 4.90 Å². The number of carbonyl (C=O) groups excluding carboxylic acids is 3. The number of ether oxygens (including phenoxy) is 1. The van der Waals surface area contributed by atoms with Gasteiger partial charge in [0.05, 0.1) is 29.7 Å². The van der Waals surface area contributed by atoms with Crippen molar-refractivity contribution in [3.05, 3.63) is 101 Å². The van der Waals surface area contributed by atoms with E-state index in [0.717, 1.165) is 22.3 Å². The van der Waals surface area contributed by atoms with Crippen molar-refractivity contribution >= 4 is 35.1 Å². The minimum Gasteiger partial charge on any atom is -0.462 e. The van der Waals surface area contributed by atoms with Gasteiger partial charge in [0.15, 0.2) is 0 Å². The second kappa shape index (κ2) is 7.03. The molecule has 33 heavy (non-hydrogen) atoms. The van der Waals surface area contributed by atoms with E-state index < -0.39 is 22.7 Å². The molecule has 7 rings (SSSR count). The molecule has 1 saturated heterocycles. The highest BCUT2D eigenvalue weighted by Gasteiger charge is 2.67. The summed E-state index contributed by atoms with van der Waals surface area (Å²) in [7, 11) is 0. The Kier molecular flexibility index (Phi) is 4.30. The van der Waals surface area contributed by atoms with Crippen LogP contribution in [0.1, 0.15) is 45.5 Å². The van der Waals surface area contributed by atoms with Crippen molar-refractivity contribution in [1.82, 2.24) is 0 Å². The molecule has 1 heterocycles. The molecular weight excluding hydrogens is 438 g/mol. The molecule has 0 unspecified atom stereocenters. The molecule has 4 aliphatic rings. The van der Waals surface area contributed by atoms with Crippen LogP contribution in [-0.4, -0.2) is 24.4 Å². The lowest BCUT2D eigenvalue weighted by Gasteiger charge is -2.50. The zero-order valence-electron chi connectivity index (χ0n) is 17.8. The van der Waals surface area contributed by atoms with Gasteiger partial charge in [-0.3, -0.25) is 9.59 Å². The molecule has 3 aromatic carbocycles. The lowest BCUT2D eigenvalue weighted by atomic mass is 9.54. The third-order valence-electron chi connectivity index (χ3n) is 7.15. The Morgan fingerprint density at radius 1 is 0.909 bits per heavy atom. The fourth-order valence-corrected chi connectivity index (χ4v) is 6.47. The average Bonchev–Trinajstić information content (AvgIpc) is 3.11. The Balaban J connectivity index is 1.48. The van der Waals surface area contributed by atoms with E-state index in [1.807, 2.05) is 48.5 Å². The standard InChI is InChI=1S/C27H20ClNO4/c1-2-33-26(32)15-11-13-16(14-12-15)29-24(30)22-21-17-7-3-5-9-19(17)27(28,23(22)25(29)31)20-10-6-4-8-18(20)21/h3-14,21-23H,2H2,1H3/t21?,22-,23-,27?/m1/s1. The van der Waals surface area contributed by atoms with Crippen molar-refractivity contribution in [3.8, 4) is 0 Å². The van der Waals surface area contributed by atoms with Crippen LogP contribution >= 0.6 is 11.6 Å². The molecular formula is C27H20ClNO4. The number of benzene rings is 3. The first-order chi connectivity index (χ1) is 16.0. The number of hydrogen-bond donors (Lipinski definition) is 0. The fourth-order valence-electron chi connectivity index (χ4n) is 5.89. The van der Waals surface area contributed by atoms with Crippen molar-refractivity contribution in [2.24, 2.45) is 11.8 Å². The summed E-state index contributed by atoms with van der Waals surface area (Å²) >= 11 is 7.41. The van der Waals surface area contributed by atoms with E-state index in [-0.39, 0.29) is 24.3 Å². The Labute approximate surface area is 195 Å². The summed E-state index contributed by atoms with van der Waals surface area (Å²) in [4.78, 5) is 39.7. The van der Waals surface area contributed by atoms with Gasteiger partial charge in [-0.2, -0.15) is 0 Å². The van der Waals surface area contributed by atoms with Crippen LogP contribution in [0.2, 0.25) is 0 Å². The van der Waals surface area contributed by atoms with E-state index in [2.05, 4.69) is 0 Å². The summed E-state index contributed by atoms with van der Waals surface area (Å²) in [6.45, 7) is 2.01. The molecule has 164 valence electrons. The molecule has 5 nitrogen and oxygen atoms in total. The number of imide groups is 1. The lowest BCUT2D eigenvalue weighted by Crippen LogP contribution is -2.50. The molecule has 0 aromatic heterocycles. The minimum atomic E-state index is -1.11. The topological polar surface area (TPSA) is 63.7 Å². The first-order valence-electron chi connectivity index (χ1n) is 11.0. The second-order valence-corrected chi connectivity index (χ2v) is 9.24. The Morgan fingerprint density at radius 3 is 2.06 bits per heavy atom. The number of carbonyl (C=O) groups is 3. The van der Waals surface area contributed by atoms with Gasteiger partial charge in [0.2, 0.25) is 11.8 Å². The van der Waals surface area contributed by atoms with E-state index >= 15 is 0 Å². The van der Waals surface area contributed by atoms with E-state index in [1.54, 1.807) is 31.2 Å². The first-order valence-corrected chi connectivity index (χ1v) is 11.4. The number of alkyl halides is 1. The molecule has 6 heteroatoms. The number of amides is 2. The van der Waals surface area contributed by atoms with Crippen LogP contribution in [-0.2, 0) is 19.2 Å². The summed E-state index contributed by atoms with van der Waals surface area (Å²) < 4.78 is 5.03. The van der Waals surface area contributed by atoms with Gasteiger partial charge in [-0.05, 0) is 53.4 Å². The summed E-state index contributed by atoms with van der Waals surface area (Å²) in [5.74, 6) is -2.52. The van der Waals surface area contributed by atoms with E-state index in [4.69, 9.17) is 16.3 Å². The molecule has 0 radical (unpaired) electrons. The van der Waals surface area contributed by atoms with Crippen molar-refractivity contribution in [1.29, 1.82) is 0 Å². The molecule has 2 bridgehead atoms. The zero-order valence-corrected chi connectivity index (χ0v) is 18.6. The maximum absolute atomic E-state index is 13.8. The number of nitrogens with zero attached hydrogens (tertiary/aromatic N) is 1. The van der Waals surface area contributed by atoms with Gasteiger partial charge in [0, 0.05) is 5.92 Å². The SMILES string of the molecule is CCOC(=O)c1ccc(N2C(=O)[C@@H]3C4c5ccccc5C(Cl)(c5ccccc54)[C@H]3C2=O)cc1. The van der Waals surface area contributed by atoms with Gasteiger partial charge >= 0.3 is 5.97 Å². The largest absolute Gasteiger partial charge is 0.462 e. The molecule has 0 N–H and O–H groups in total. The maximum Gasteiger partial charge on any atom is 0.338 e. The highest BCUT2D eigenvalue weighted by Crippen LogP contribution is 2.65. The molecule has 3 aliphatic carbocycles. The number of halogens is 1. The lowest BCUT2D eigenvalue weighted by molar-refractivity contribution is -0.122. The number of hydrogen-bond acceptors (Lipinski definition) is 4. The van der Waals surface area contributed by atoms with Crippen LogP contribution in [0.5, 0.6) is 0 Å². The van der Waals surface area contributed by atoms with Crippen molar-refractivity contribution in [3.63, 3.8) is 0 Å². The minimum absolute atomic E-state index is 0.233. The van der Waals surface area contributed by atoms with E-state index in [9.17, 15) is 14.4 Å². The Bertz CT molecular complexity index is 1280. The van der Waals surface area contributed by atoms with Crippen molar-refractivity contribution in [2.75, 3.05) is 11.5 Å². The second-order valence-electron chi connectivity index (χ2n) is 8.65. The monoisotopic (exact) mass is 457 g/mol. The summed E-state index contributed by atoms with van der Waals surface area (Å²) in [6.07, 6.45) is 0. The third kappa shape index (κ3) is 2.51. The predicted octanol–water partition coefficient (Wildman–Crippen LogP) is 4.61. The molecule has 2 atom stereocenters. The molecule has 1 aliphatic heterocycles. The van der Waals surface area contributed by atoms with Gasteiger partial charge < -0.3 is 4.74 Å². The molecule has 0 saturated carbocycles. The van der Waals surface area contributed by atoms with Crippen molar-refractivity contribution < 1.29 is 19.1 Å². The van der Waals surface area contributed by atoms with Crippen LogP contribution in [0.15, 0.2) is 72.8 Å². The number of rotatable bonds is 3. The Hall–Kier alpha value is -3.44. The maximum atomic E-state index is 13.8. The van der Waals surface area contributed by atoms with Gasteiger partial charge in [0.25, 0.3) is 0 Å². The normalized spacial score (nSPS) is 26.6. The highest BCUT2D eigenvalue weighted by atomic mass is 35.5. The van der Waals surface area contributed by atoms with Crippen LogP contribution in [0.25, 0.3) is 0 Å². The highest BCUT2D eigenvalue weighted by molar-refractivity contribution is 6.33. The fraction of sp³-hybridized carbons (Fsp3) is 0.222. The molecule has 3 aromatic rings. The number of anilines is 1. The van der Waals surface area contributed by atoms with Gasteiger partial charge in [-0.15, -0.1) is 11.6 Å². The van der Waals surface area contributed by atoms with Gasteiger partial charge in [-0.25, -0.2) is 9.69 Å². The third-order valence-corrected chi connectivity index (χ3v) is 7.79. The molecule has 2 amide bonds. The smallest absolute Gasteiger partial charge is 0.338 e. The van der Waals surface area contributed by atoms with Crippen LogP contribution < -0.4 is 4.90 Å². The zero-order chi connectivity index (χ0) is 22.9. The van der Waals surface area contributed by atoms with Gasteiger partial charge in [0.1, 0.15) is 4.87 Å². The van der Waals surface area contributed by atoms with Crippen LogP contribution in [0, 0.1) is 11.8 Å². The first kappa shape index (κ1) is 20.2. The van der Waals surface area contributed by atoms with E-state index in [0.29, 0.717) is 11.3 Å². The number of esters is 1. The average molecular weight is 458 g/mol. The molecule has 0 spiro atoms. The molecule has 1 fully saturated rings.